The van der Waals surface area contributed by atoms with E-state index < -0.39 is 0 Å². The molecule has 6 heteroatoms. The number of thiazole rings is 1. The number of benzene rings is 1. The van der Waals surface area contributed by atoms with Crippen LogP contribution < -0.4 is 15.4 Å². The van der Waals surface area contributed by atoms with Crippen molar-refractivity contribution in [3.8, 4) is 5.75 Å². The van der Waals surface area contributed by atoms with Gasteiger partial charge in [-0.1, -0.05) is 19.1 Å². The zero-order valence-corrected chi connectivity index (χ0v) is 17.0. The molecule has 0 fully saturated rings. The van der Waals surface area contributed by atoms with E-state index in [0.29, 0.717) is 0 Å². The van der Waals surface area contributed by atoms with Crippen LogP contribution in [0.25, 0.3) is 0 Å². The van der Waals surface area contributed by atoms with Gasteiger partial charge in [0.2, 0.25) is 0 Å². The molecule has 0 bridgehead atoms. The summed E-state index contributed by atoms with van der Waals surface area (Å²) < 4.78 is 5.67. The second-order valence-electron chi connectivity index (χ2n) is 6.31. The van der Waals surface area contributed by atoms with Crippen molar-refractivity contribution in [2.75, 3.05) is 20.1 Å². The average Bonchev–Trinajstić information content (AvgIpc) is 3.09. The fourth-order valence-corrected chi connectivity index (χ4v) is 3.33. The maximum absolute atomic E-state index is 5.67. The third-order valence-corrected chi connectivity index (χ3v) is 5.01. The van der Waals surface area contributed by atoms with E-state index in [0.717, 1.165) is 44.1 Å². The lowest BCUT2D eigenvalue weighted by molar-refractivity contribution is 0.242. The number of nitrogens with zero attached hydrogens (tertiary/aromatic N) is 2. The van der Waals surface area contributed by atoms with Crippen LogP contribution in [0.1, 0.15) is 36.2 Å². The molecule has 0 saturated carbocycles. The molecule has 0 aliphatic rings. The summed E-state index contributed by atoms with van der Waals surface area (Å²) in [5, 5.41) is 7.88. The highest BCUT2D eigenvalue weighted by Crippen LogP contribution is 2.14. The van der Waals surface area contributed by atoms with Gasteiger partial charge in [0, 0.05) is 37.6 Å². The molecule has 0 spiro atoms. The Bertz CT molecular complexity index is 679. The first-order valence-electron chi connectivity index (χ1n) is 9.24. The van der Waals surface area contributed by atoms with Crippen LogP contribution >= 0.6 is 11.3 Å². The lowest BCUT2D eigenvalue weighted by Gasteiger charge is -2.12. The Morgan fingerprint density at radius 2 is 1.85 bits per heavy atom. The molecule has 2 rings (SSSR count). The predicted molar refractivity (Wildman–Crippen MR) is 110 cm³/mol. The predicted octanol–water partition coefficient (Wildman–Crippen LogP) is 3.44. The number of aliphatic imine (C=N–C) groups is 1. The molecule has 142 valence electrons. The number of hydrogen-bond donors (Lipinski definition) is 2. The van der Waals surface area contributed by atoms with Crippen molar-refractivity contribution < 1.29 is 4.74 Å². The third kappa shape index (κ3) is 7.04. The van der Waals surface area contributed by atoms with Crippen LogP contribution in [-0.4, -0.2) is 37.2 Å². The Morgan fingerprint density at radius 1 is 1.15 bits per heavy atom. The van der Waals surface area contributed by atoms with Gasteiger partial charge in [0.25, 0.3) is 0 Å². The van der Waals surface area contributed by atoms with Crippen LogP contribution in [0.2, 0.25) is 0 Å². The van der Waals surface area contributed by atoms with E-state index in [1.165, 1.54) is 15.4 Å². The molecule has 26 heavy (non-hydrogen) atoms. The van der Waals surface area contributed by atoms with Crippen molar-refractivity contribution in [3.63, 3.8) is 0 Å². The first-order valence-corrected chi connectivity index (χ1v) is 10.1. The number of aryl methyl sites for hydroxylation is 1. The van der Waals surface area contributed by atoms with Crippen molar-refractivity contribution in [1.29, 1.82) is 0 Å². The molecule has 2 aromatic rings. The molecule has 0 unspecified atom stereocenters. The van der Waals surface area contributed by atoms with Gasteiger partial charge in [0.05, 0.1) is 11.1 Å². The minimum absolute atomic E-state index is 0.204. The van der Waals surface area contributed by atoms with E-state index >= 15 is 0 Å². The largest absolute Gasteiger partial charge is 0.491 e. The first-order chi connectivity index (χ1) is 12.6. The highest BCUT2D eigenvalue weighted by Gasteiger charge is 2.03. The molecule has 2 N–H and O–H groups in total. The van der Waals surface area contributed by atoms with Gasteiger partial charge < -0.3 is 15.4 Å². The van der Waals surface area contributed by atoms with Crippen molar-refractivity contribution in [1.82, 2.24) is 15.6 Å². The van der Waals surface area contributed by atoms with Crippen molar-refractivity contribution in [2.45, 2.75) is 46.1 Å². The van der Waals surface area contributed by atoms with Gasteiger partial charge in [-0.05, 0) is 44.4 Å². The summed E-state index contributed by atoms with van der Waals surface area (Å²) in [6.07, 6.45) is 5.09. The molecule has 1 aromatic heterocycles. The highest BCUT2D eigenvalue weighted by molar-refractivity contribution is 7.11. The van der Waals surface area contributed by atoms with Crippen LogP contribution in [-0.2, 0) is 19.3 Å². The molecule has 1 aromatic carbocycles. The molecular weight excluding hydrogens is 344 g/mol. The van der Waals surface area contributed by atoms with Crippen LogP contribution in [0.5, 0.6) is 5.75 Å². The van der Waals surface area contributed by atoms with Crippen LogP contribution in [0.4, 0.5) is 0 Å². The molecule has 0 atom stereocenters. The quantitative estimate of drug-likeness (QED) is 0.521. The molecule has 0 saturated heterocycles. The van der Waals surface area contributed by atoms with Crippen molar-refractivity contribution in [2.24, 2.45) is 4.99 Å². The van der Waals surface area contributed by atoms with Crippen molar-refractivity contribution >= 4 is 17.3 Å². The van der Waals surface area contributed by atoms with E-state index in [2.05, 4.69) is 39.7 Å². The van der Waals surface area contributed by atoms with Gasteiger partial charge in [-0.15, -0.1) is 11.3 Å². The minimum atomic E-state index is 0.204. The molecule has 5 nitrogen and oxygen atoms in total. The second-order valence-corrected chi connectivity index (χ2v) is 7.51. The maximum atomic E-state index is 5.67. The van der Waals surface area contributed by atoms with Crippen molar-refractivity contribution in [3.05, 3.63) is 45.9 Å². The van der Waals surface area contributed by atoms with E-state index in [-0.39, 0.29) is 6.10 Å². The summed E-state index contributed by atoms with van der Waals surface area (Å²) in [7, 11) is 1.80. The number of hydrogen-bond acceptors (Lipinski definition) is 4. The second kappa shape index (κ2) is 10.8. The zero-order chi connectivity index (χ0) is 18.8. The summed E-state index contributed by atoms with van der Waals surface area (Å²) in [6, 6.07) is 8.29. The van der Waals surface area contributed by atoms with Gasteiger partial charge in [0.15, 0.2) is 5.96 Å². The fraction of sp³-hybridized carbons (Fsp3) is 0.500. The molecule has 0 aliphatic carbocycles. The summed E-state index contributed by atoms with van der Waals surface area (Å²) in [4.78, 5) is 10.1. The van der Waals surface area contributed by atoms with Gasteiger partial charge >= 0.3 is 0 Å². The summed E-state index contributed by atoms with van der Waals surface area (Å²) in [5.74, 6) is 1.75. The fourth-order valence-electron chi connectivity index (χ4n) is 2.47. The Balaban J connectivity index is 1.68. The lowest BCUT2D eigenvalue weighted by Crippen LogP contribution is -2.39. The molecule has 0 aliphatic heterocycles. The van der Waals surface area contributed by atoms with E-state index in [1.807, 2.05) is 32.2 Å². The van der Waals surface area contributed by atoms with Gasteiger partial charge in [-0.2, -0.15) is 0 Å². The number of guanidine groups is 1. The van der Waals surface area contributed by atoms with Crippen LogP contribution in [0.15, 0.2) is 35.5 Å². The van der Waals surface area contributed by atoms with Gasteiger partial charge in [-0.25, -0.2) is 4.98 Å². The first kappa shape index (κ1) is 20.2. The normalized spacial score (nSPS) is 11.7. The smallest absolute Gasteiger partial charge is 0.191 e. The van der Waals surface area contributed by atoms with Crippen LogP contribution in [0, 0.1) is 0 Å². The topological polar surface area (TPSA) is 58.5 Å². The van der Waals surface area contributed by atoms with Crippen LogP contribution in [0.3, 0.4) is 0 Å². The van der Waals surface area contributed by atoms with Gasteiger partial charge in [-0.3, -0.25) is 4.99 Å². The molecule has 1 heterocycles. The number of rotatable bonds is 9. The molecular formula is C20H30N4OS. The Labute approximate surface area is 160 Å². The summed E-state index contributed by atoms with van der Waals surface area (Å²) in [5.41, 5.74) is 1.28. The number of ether oxygens (including phenoxy) is 1. The Morgan fingerprint density at radius 3 is 2.42 bits per heavy atom. The SMILES string of the molecule is CCc1cnc(CCNC(=NC)NCCc2ccc(OC(C)C)cc2)s1. The van der Waals surface area contributed by atoms with E-state index in [1.54, 1.807) is 18.4 Å². The van der Waals surface area contributed by atoms with E-state index in [4.69, 9.17) is 4.74 Å². The lowest BCUT2D eigenvalue weighted by atomic mass is 10.1. The van der Waals surface area contributed by atoms with E-state index in [9.17, 15) is 0 Å². The number of nitrogens with one attached hydrogen (secondary N) is 2. The number of aromatic nitrogens is 1. The summed E-state index contributed by atoms with van der Waals surface area (Å²) >= 11 is 1.79. The maximum Gasteiger partial charge on any atom is 0.191 e. The highest BCUT2D eigenvalue weighted by atomic mass is 32.1. The zero-order valence-electron chi connectivity index (χ0n) is 16.2. The Kier molecular flexibility index (Phi) is 8.41. The average molecular weight is 375 g/mol. The molecule has 0 radical (unpaired) electrons. The molecule has 0 amide bonds. The van der Waals surface area contributed by atoms with Gasteiger partial charge in [0.1, 0.15) is 5.75 Å². The minimum Gasteiger partial charge on any atom is -0.491 e. The summed E-state index contributed by atoms with van der Waals surface area (Å²) in [6.45, 7) is 7.90. The third-order valence-electron chi connectivity index (χ3n) is 3.81. The monoisotopic (exact) mass is 374 g/mol. The Hall–Kier alpha value is -2.08. The standard InChI is InChI=1S/C20H30N4OS/c1-5-18-14-24-19(26-18)11-13-23-20(21-4)22-12-10-16-6-8-17(9-7-16)25-15(2)3/h6-9,14-15H,5,10-13H2,1-4H3,(H2,21,22,23).